The Balaban J connectivity index is 3.29. The number of hydrogen-bond acceptors (Lipinski definition) is 5. The van der Waals surface area contributed by atoms with Gasteiger partial charge in [0, 0.05) is 0 Å². The molecule has 0 unspecified atom stereocenters. The van der Waals surface area contributed by atoms with Crippen LogP contribution in [0.2, 0.25) is 0 Å². The first kappa shape index (κ1) is 6.35. The van der Waals surface area contributed by atoms with Gasteiger partial charge in [-0.25, -0.2) is 14.3 Å². The van der Waals surface area contributed by atoms with E-state index < -0.39 is 35.4 Å². The summed E-state index contributed by atoms with van der Waals surface area (Å²) in [4.78, 5) is 23.5. The zero-order valence-corrected chi connectivity index (χ0v) is 7.05. The van der Waals surface area contributed by atoms with Gasteiger partial charge in [-0.15, -0.1) is 0 Å². The molecule has 8 nitrogen and oxygen atoms in total. The third-order valence-corrected chi connectivity index (χ3v) is 1.31. The lowest BCUT2D eigenvalue weighted by Crippen LogP contribution is -2.14. The Morgan fingerprint density at radius 3 is 3.14 bits per heavy atom. The van der Waals surface area contributed by atoms with E-state index in [9.17, 15) is 14.9 Å². The maximum Gasteiger partial charge on any atom is 0.405 e. The molecule has 1 aromatic rings. The molecule has 14 heavy (non-hydrogen) atoms. The molecule has 0 aliphatic rings. The van der Waals surface area contributed by atoms with Gasteiger partial charge in [-0.2, -0.15) is 0 Å². The first-order valence-electron chi connectivity index (χ1n) is 4.83. The maximum absolute atomic E-state index is 10.6. The molecule has 0 saturated heterocycles. The Morgan fingerprint density at radius 2 is 2.71 bits per heavy atom. The minimum Gasteiger partial charge on any atom is -0.439 e. The first-order chi connectivity index (χ1) is 7.66. The molecule has 1 heterocycles. The van der Waals surface area contributed by atoms with E-state index in [1.165, 1.54) is 0 Å². The van der Waals surface area contributed by atoms with Gasteiger partial charge in [0.15, 0.2) is 6.56 Å². The SMILES string of the molecule is [2H]c1nc(C([2H])([2H])OC(N)=O)n(C)c1[N+](=O)[O-]. The largest absolute Gasteiger partial charge is 0.439 e. The van der Waals surface area contributed by atoms with Crippen LogP contribution < -0.4 is 5.73 Å². The molecule has 0 aromatic carbocycles. The number of imidazole rings is 1. The highest BCUT2D eigenvalue weighted by Gasteiger charge is 2.16. The Bertz CT molecular complexity index is 486. The van der Waals surface area contributed by atoms with Crippen molar-refractivity contribution < 1.29 is 18.6 Å². The van der Waals surface area contributed by atoms with Crippen molar-refractivity contribution in [3.05, 3.63) is 22.1 Å². The minimum absolute atomic E-state index is 0.590. The molecule has 1 amide bonds. The van der Waals surface area contributed by atoms with Gasteiger partial charge in [0.1, 0.15) is 6.17 Å². The zero-order chi connectivity index (χ0) is 13.4. The molecule has 0 fully saturated rings. The van der Waals surface area contributed by atoms with Crippen LogP contribution in [0.5, 0.6) is 0 Å². The summed E-state index contributed by atoms with van der Waals surface area (Å²) in [6.07, 6.45) is -2.13. The predicted octanol–water partition coefficient (Wildman–Crippen LogP) is -0.0764. The number of nitrogens with two attached hydrogens (primary N) is 1. The molecule has 8 heteroatoms. The lowest BCUT2D eigenvalue weighted by atomic mass is 10.6. The first-order valence-corrected chi connectivity index (χ1v) is 3.33. The van der Waals surface area contributed by atoms with Crippen molar-refractivity contribution in [2.24, 2.45) is 12.8 Å². The molecule has 0 aliphatic heterocycles. The second-order valence-corrected chi connectivity index (χ2v) is 2.21. The lowest BCUT2D eigenvalue weighted by Gasteiger charge is -1.98. The van der Waals surface area contributed by atoms with Gasteiger partial charge >= 0.3 is 11.9 Å². The van der Waals surface area contributed by atoms with Crippen molar-refractivity contribution in [3.8, 4) is 0 Å². The molecule has 0 atom stereocenters. The number of hydrogen-bond donors (Lipinski definition) is 1. The molecule has 2 N–H and O–H groups in total. The van der Waals surface area contributed by atoms with Crippen molar-refractivity contribution in [3.63, 3.8) is 0 Å². The van der Waals surface area contributed by atoms with E-state index in [1.807, 2.05) is 0 Å². The number of primary amides is 1. The van der Waals surface area contributed by atoms with Crippen LogP contribution >= 0.6 is 0 Å². The highest BCUT2D eigenvalue weighted by molar-refractivity contribution is 5.64. The Hall–Kier alpha value is -2.12. The number of ether oxygens (including phenoxy) is 1. The van der Waals surface area contributed by atoms with Gasteiger partial charge in [0.05, 0.1) is 11.2 Å². The van der Waals surface area contributed by atoms with E-state index in [-0.39, 0.29) is 0 Å². The summed E-state index contributed by atoms with van der Waals surface area (Å²) in [7, 11) is 1.13. The smallest absolute Gasteiger partial charge is 0.405 e. The topological polar surface area (TPSA) is 113 Å². The molecular weight excluding hydrogens is 192 g/mol. The molecule has 0 aliphatic carbocycles. The monoisotopic (exact) mass is 203 g/mol. The number of amides is 1. The van der Waals surface area contributed by atoms with Crippen LogP contribution in [0, 0.1) is 10.1 Å². The Morgan fingerprint density at radius 1 is 2.07 bits per heavy atom. The van der Waals surface area contributed by atoms with Gasteiger partial charge in [-0.1, -0.05) is 0 Å². The van der Waals surface area contributed by atoms with Crippen LogP contribution in [0.4, 0.5) is 10.6 Å². The second-order valence-electron chi connectivity index (χ2n) is 2.21. The number of carbonyl (C=O) groups excluding carboxylic acids is 1. The van der Waals surface area contributed by atoms with Crippen LogP contribution in [-0.2, 0) is 18.3 Å². The fourth-order valence-electron chi connectivity index (χ4n) is 0.704. The van der Waals surface area contributed by atoms with E-state index in [1.54, 1.807) is 0 Å². The number of nitrogens with zero attached hydrogens (tertiary/aromatic N) is 3. The minimum atomic E-state index is -2.75. The summed E-state index contributed by atoms with van der Waals surface area (Å²) in [5.41, 5.74) is 4.65. The quantitative estimate of drug-likeness (QED) is 0.545. The van der Waals surface area contributed by atoms with Crippen LogP contribution in [0.1, 0.15) is 9.94 Å². The molecule has 0 saturated carbocycles. The van der Waals surface area contributed by atoms with Gasteiger partial charge in [-0.3, -0.25) is 0 Å². The number of rotatable bonds is 3. The molecule has 0 radical (unpaired) electrons. The van der Waals surface area contributed by atoms with Crippen LogP contribution in [0.3, 0.4) is 0 Å². The normalized spacial score (nSPS) is 13.9. The molecular formula is C6H8N4O4. The number of carbonyl (C=O) groups is 1. The molecule has 76 valence electrons. The number of nitro groups is 1. The molecule has 1 rings (SSSR count). The fourth-order valence-corrected chi connectivity index (χ4v) is 0.704. The predicted molar refractivity (Wildman–Crippen MR) is 44.2 cm³/mol. The van der Waals surface area contributed by atoms with E-state index in [2.05, 4.69) is 15.5 Å². The van der Waals surface area contributed by atoms with Crippen molar-refractivity contribution in [1.29, 1.82) is 0 Å². The fraction of sp³-hybridized carbons (Fsp3) is 0.333. The van der Waals surface area contributed by atoms with Gasteiger partial charge < -0.3 is 20.6 Å². The highest BCUT2D eigenvalue weighted by Crippen LogP contribution is 2.11. The molecule has 0 bridgehead atoms. The summed E-state index contributed by atoms with van der Waals surface area (Å²) < 4.78 is 26.7. The van der Waals surface area contributed by atoms with E-state index in [0.717, 1.165) is 7.05 Å². The summed E-state index contributed by atoms with van der Waals surface area (Å²) >= 11 is 0. The van der Waals surface area contributed by atoms with Gasteiger partial charge in [-0.05, 0) is 4.92 Å². The van der Waals surface area contributed by atoms with E-state index >= 15 is 0 Å². The zero-order valence-electron chi connectivity index (χ0n) is 10.1. The Labute approximate surface area is 82.6 Å². The van der Waals surface area contributed by atoms with E-state index in [0.29, 0.717) is 4.57 Å². The van der Waals surface area contributed by atoms with Gasteiger partial charge in [0.25, 0.3) is 0 Å². The van der Waals surface area contributed by atoms with E-state index in [4.69, 9.17) is 4.11 Å². The molecule has 0 spiro atoms. The average Bonchev–Trinajstić information content (AvgIpc) is 2.39. The van der Waals surface area contributed by atoms with Gasteiger partial charge in [0.2, 0.25) is 5.82 Å². The summed E-state index contributed by atoms with van der Waals surface area (Å²) in [5, 5.41) is 10.6. The second kappa shape index (κ2) is 3.73. The summed E-state index contributed by atoms with van der Waals surface area (Å²) in [6.45, 7) is -2.75. The molecule has 1 aromatic heterocycles. The van der Waals surface area contributed by atoms with Crippen LogP contribution in [-0.4, -0.2) is 20.6 Å². The third kappa shape index (κ3) is 1.97. The number of aromatic nitrogens is 2. The average molecular weight is 203 g/mol. The van der Waals surface area contributed by atoms with Crippen LogP contribution in [0.15, 0.2) is 6.17 Å². The third-order valence-electron chi connectivity index (χ3n) is 1.31. The van der Waals surface area contributed by atoms with Crippen molar-refractivity contribution in [2.75, 3.05) is 0 Å². The lowest BCUT2D eigenvalue weighted by molar-refractivity contribution is -0.391. The summed E-state index contributed by atoms with van der Waals surface area (Å²) in [5.74, 6) is -1.30. The van der Waals surface area contributed by atoms with Crippen molar-refractivity contribution in [1.82, 2.24) is 9.55 Å². The maximum atomic E-state index is 10.6. The van der Waals surface area contributed by atoms with Crippen molar-refractivity contribution >= 4 is 11.9 Å². The summed E-state index contributed by atoms with van der Waals surface area (Å²) in [6, 6.07) is 0. The highest BCUT2D eigenvalue weighted by atomic mass is 16.6. The van der Waals surface area contributed by atoms with Crippen LogP contribution in [0.25, 0.3) is 0 Å². The standard InChI is InChI=1S/C6H8N4O4/c1-9-4(3-14-6(7)11)8-2-5(9)10(12)13/h2H,3H2,1H3,(H2,7,11)/i2D,3D2. The Kier molecular flexibility index (Phi) is 1.69. The van der Waals surface area contributed by atoms with Crippen molar-refractivity contribution in [2.45, 2.75) is 6.56 Å².